The largest absolute Gasteiger partial charge is 0.344 e. The topological polar surface area (TPSA) is 23.6 Å². The van der Waals surface area contributed by atoms with Gasteiger partial charge in [-0.05, 0) is 24.8 Å². The van der Waals surface area contributed by atoms with Crippen molar-refractivity contribution in [2.24, 2.45) is 5.41 Å². The van der Waals surface area contributed by atoms with E-state index in [-0.39, 0.29) is 6.04 Å². The summed E-state index contributed by atoms with van der Waals surface area (Å²) in [5.41, 5.74) is 0.404. The molecule has 0 saturated carbocycles. The lowest BCUT2D eigenvalue weighted by Gasteiger charge is -2.24. The molecular formula is C13H26N2O. The van der Waals surface area contributed by atoms with E-state index in [4.69, 9.17) is 0 Å². The molecule has 2 aliphatic heterocycles. The van der Waals surface area contributed by atoms with Gasteiger partial charge in [-0.25, -0.2) is 0 Å². The molecule has 1 unspecified atom stereocenters. The minimum Gasteiger partial charge on any atom is -0.344 e. The number of carbonyl (C=O) groups excluding carboxylic acids is 1. The molecule has 0 aromatic carbocycles. The van der Waals surface area contributed by atoms with Crippen LogP contribution in [0.25, 0.3) is 0 Å². The van der Waals surface area contributed by atoms with E-state index >= 15 is 0 Å². The third-order valence-electron chi connectivity index (χ3n) is 3.55. The monoisotopic (exact) mass is 226 g/mol. The SMILES string of the molecule is CC.CN1CCC(N2CCC(C)(C)C2)C1=O. The summed E-state index contributed by atoms with van der Waals surface area (Å²) in [6, 6.07) is 0.182. The van der Waals surface area contributed by atoms with E-state index in [0.717, 1.165) is 26.1 Å². The van der Waals surface area contributed by atoms with Gasteiger partial charge >= 0.3 is 0 Å². The molecule has 0 bridgehead atoms. The normalized spacial score (nSPS) is 29.2. The van der Waals surface area contributed by atoms with E-state index in [2.05, 4.69) is 18.7 Å². The fraction of sp³-hybridized carbons (Fsp3) is 0.923. The number of rotatable bonds is 1. The van der Waals surface area contributed by atoms with Crippen LogP contribution < -0.4 is 0 Å². The van der Waals surface area contributed by atoms with Crippen LogP contribution in [-0.2, 0) is 4.79 Å². The Labute approximate surface area is 99.8 Å². The van der Waals surface area contributed by atoms with Gasteiger partial charge in [0, 0.05) is 20.1 Å². The van der Waals surface area contributed by atoms with E-state index in [9.17, 15) is 4.79 Å². The van der Waals surface area contributed by atoms with E-state index in [1.807, 2.05) is 25.8 Å². The molecule has 0 aliphatic carbocycles. The van der Waals surface area contributed by atoms with Gasteiger partial charge in [0.05, 0.1) is 6.04 Å². The molecule has 0 spiro atoms. The number of hydrogen-bond acceptors (Lipinski definition) is 2. The van der Waals surface area contributed by atoms with Crippen molar-refractivity contribution in [3.05, 3.63) is 0 Å². The number of likely N-dealkylation sites (N-methyl/N-ethyl adjacent to an activating group) is 1. The fourth-order valence-corrected chi connectivity index (χ4v) is 2.56. The van der Waals surface area contributed by atoms with Crippen LogP contribution in [0.4, 0.5) is 0 Å². The first-order valence-corrected chi connectivity index (χ1v) is 6.49. The van der Waals surface area contributed by atoms with Crippen LogP contribution in [0.5, 0.6) is 0 Å². The summed E-state index contributed by atoms with van der Waals surface area (Å²) in [5, 5.41) is 0. The Morgan fingerprint density at radius 2 is 1.88 bits per heavy atom. The lowest BCUT2D eigenvalue weighted by Crippen LogP contribution is -2.40. The van der Waals surface area contributed by atoms with Crippen LogP contribution in [0.1, 0.15) is 40.5 Å². The molecule has 3 heteroatoms. The first kappa shape index (κ1) is 13.5. The molecule has 2 saturated heterocycles. The van der Waals surface area contributed by atoms with E-state index in [1.54, 1.807) is 0 Å². The molecule has 0 aromatic heterocycles. The highest BCUT2D eigenvalue weighted by Crippen LogP contribution is 2.32. The molecule has 0 aromatic rings. The van der Waals surface area contributed by atoms with Crippen molar-refractivity contribution in [3.8, 4) is 0 Å². The smallest absolute Gasteiger partial charge is 0.239 e. The second-order valence-corrected chi connectivity index (χ2v) is 5.45. The van der Waals surface area contributed by atoms with Gasteiger partial charge in [-0.15, -0.1) is 0 Å². The first-order valence-electron chi connectivity index (χ1n) is 6.49. The Bertz CT molecular complexity index is 250. The van der Waals surface area contributed by atoms with Crippen LogP contribution in [-0.4, -0.2) is 48.4 Å². The molecule has 3 nitrogen and oxygen atoms in total. The van der Waals surface area contributed by atoms with Crippen LogP contribution in [0.15, 0.2) is 0 Å². The van der Waals surface area contributed by atoms with Crippen molar-refractivity contribution in [3.63, 3.8) is 0 Å². The van der Waals surface area contributed by atoms with Crippen molar-refractivity contribution >= 4 is 5.91 Å². The Balaban J connectivity index is 0.000000606. The summed E-state index contributed by atoms with van der Waals surface area (Å²) in [6.45, 7) is 11.7. The highest BCUT2D eigenvalue weighted by molar-refractivity contribution is 5.83. The lowest BCUT2D eigenvalue weighted by molar-refractivity contribution is -0.130. The maximum absolute atomic E-state index is 11.8. The highest BCUT2D eigenvalue weighted by atomic mass is 16.2. The van der Waals surface area contributed by atoms with Gasteiger partial charge in [-0.2, -0.15) is 0 Å². The number of carbonyl (C=O) groups is 1. The van der Waals surface area contributed by atoms with Crippen LogP contribution >= 0.6 is 0 Å². The zero-order valence-electron chi connectivity index (χ0n) is 11.4. The Morgan fingerprint density at radius 1 is 1.25 bits per heavy atom. The fourth-order valence-electron chi connectivity index (χ4n) is 2.56. The number of nitrogens with zero attached hydrogens (tertiary/aromatic N) is 2. The van der Waals surface area contributed by atoms with Crippen molar-refractivity contribution in [2.75, 3.05) is 26.7 Å². The predicted octanol–water partition coefficient (Wildman–Crippen LogP) is 1.98. The third-order valence-corrected chi connectivity index (χ3v) is 3.55. The molecule has 2 fully saturated rings. The summed E-state index contributed by atoms with van der Waals surface area (Å²) in [5.74, 6) is 0.322. The van der Waals surface area contributed by atoms with Gasteiger partial charge < -0.3 is 4.90 Å². The van der Waals surface area contributed by atoms with Crippen molar-refractivity contribution in [1.29, 1.82) is 0 Å². The van der Waals surface area contributed by atoms with Crippen molar-refractivity contribution in [2.45, 2.75) is 46.6 Å². The molecule has 0 radical (unpaired) electrons. The summed E-state index contributed by atoms with van der Waals surface area (Å²) >= 11 is 0. The molecule has 1 atom stereocenters. The minimum atomic E-state index is 0.182. The molecular weight excluding hydrogens is 200 g/mol. The number of amides is 1. The van der Waals surface area contributed by atoms with Gasteiger partial charge in [0.15, 0.2) is 0 Å². The molecule has 0 N–H and O–H groups in total. The molecule has 1 amide bonds. The summed E-state index contributed by atoms with van der Waals surface area (Å²) < 4.78 is 0. The minimum absolute atomic E-state index is 0.182. The van der Waals surface area contributed by atoms with Crippen molar-refractivity contribution < 1.29 is 4.79 Å². The van der Waals surface area contributed by atoms with E-state index < -0.39 is 0 Å². The number of likely N-dealkylation sites (tertiary alicyclic amines) is 2. The molecule has 2 aliphatic rings. The average Bonchev–Trinajstić information content (AvgIpc) is 2.75. The maximum atomic E-state index is 11.8. The molecule has 94 valence electrons. The Morgan fingerprint density at radius 3 is 2.25 bits per heavy atom. The number of hydrogen-bond donors (Lipinski definition) is 0. The Kier molecular flexibility index (Phi) is 4.36. The molecule has 16 heavy (non-hydrogen) atoms. The van der Waals surface area contributed by atoms with Gasteiger partial charge in [0.2, 0.25) is 5.91 Å². The summed E-state index contributed by atoms with van der Waals surface area (Å²) in [4.78, 5) is 16.0. The predicted molar refractivity (Wildman–Crippen MR) is 67.4 cm³/mol. The zero-order valence-corrected chi connectivity index (χ0v) is 11.4. The van der Waals surface area contributed by atoms with Gasteiger partial charge in [0.1, 0.15) is 0 Å². The molecule has 2 rings (SSSR count). The maximum Gasteiger partial charge on any atom is 0.239 e. The van der Waals surface area contributed by atoms with E-state index in [1.165, 1.54) is 6.42 Å². The van der Waals surface area contributed by atoms with Crippen LogP contribution in [0.2, 0.25) is 0 Å². The van der Waals surface area contributed by atoms with E-state index in [0.29, 0.717) is 11.3 Å². The lowest BCUT2D eigenvalue weighted by atomic mass is 9.93. The van der Waals surface area contributed by atoms with Crippen molar-refractivity contribution in [1.82, 2.24) is 9.80 Å². The second kappa shape index (κ2) is 5.17. The average molecular weight is 226 g/mol. The standard InChI is InChI=1S/C11H20N2O.C2H6/c1-11(2)5-7-13(8-11)9-4-6-12(3)10(9)14;1-2/h9H,4-8H2,1-3H3;1-2H3. The first-order chi connectivity index (χ1) is 7.49. The highest BCUT2D eigenvalue weighted by Gasteiger charge is 2.39. The summed E-state index contributed by atoms with van der Waals surface area (Å²) in [6.07, 6.45) is 2.24. The second-order valence-electron chi connectivity index (χ2n) is 5.45. The summed E-state index contributed by atoms with van der Waals surface area (Å²) in [7, 11) is 1.91. The zero-order chi connectivity index (χ0) is 12.3. The van der Waals surface area contributed by atoms with Crippen LogP contribution in [0.3, 0.4) is 0 Å². The van der Waals surface area contributed by atoms with Gasteiger partial charge in [0.25, 0.3) is 0 Å². The Hall–Kier alpha value is -0.570. The van der Waals surface area contributed by atoms with Crippen LogP contribution in [0, 0.1) is 5.41 Å². The quantitative estimate of drug-likeness (QED) is 0.682. The molecule has 2 heterocycles. The third kappa shape index (κ3) is 2.76. The van der Waals surface area contributed by atoms with Gasteiger partial charge in [-0.3, -0.25) is 9.69 Å². The van der Waals surface area contributed by atoms with Gasteiger partial charge in [-0.1, -0.05) is 27.7 Å².